The fourth-order valence-electron chi connectivity index (χ4n) is 3.67. The third kappa shape index (κ3) is 4.85. The van der Waals surface area contributed by atoms with Crippen LogP contribution in [0.25, 0.3) is 5.78 Å². The zero-order valence-electron chi connectivity index (χ0n) is 18.8. The summed E-state index contributed by atoms with van der Waals surface area (Å²) >= 11 is 1.36. The van der Waals surface area contributed by atoms with Gasteiger partial charge in [-0.15, -0.1) is 5.10 Å². The number of nitrogens with zero attached hydrogens (tertiary/aromatic N) is 4. The molecule has 32 heavy (non-hydrogen) atoms. The Morgan fingerprint density at radius 1 is 1.19 bits per heavy atom. The zero-order chi connectivity index (χ0) is 22.7. The Bertz CT molecular complexity index is 1230. The molecule has 1 N–H and O–H groups in total. The lowest BCUT2D eigenvalue weighted by molar-refractivity contribution is -0.120. The van der Waals surface area contributed by atoms with Crippen molar-refractivity contribution in [3.8, 4) is 0 Å². The van der Waals surface area contributed by atoms with Crippen LogP contribution in [0.2, 0.25) is 0 Å². The highest BCUT2D eigenvalue weighted by molar-refractivity contribution is 8.00. The average molecular weight is 450 g/mol. The second kappa shape index (κ2) is 9.56. The number of furan rings is 1. The quantitative estimate of drug-likeness (QED) is 0.401. The molecule has 7 nitrogen and oxygen atoms in total. The summed E-state index contributed by atoms with van der Waals surface area (Å²) in [6.07, 6.45) is 3.05. The predicted molar refractivity (Wildman–Crippen MR) is 125 cm³/mol. The summed E-state index contributed by atoms with van der Waals surface area (Å²) < 4.78 is 7.07. The number of nitrogens with one attached hydrogen (secondary N) is 1. The summed E-state index contributed by atoms with van der Waals surface area (Å²) in [5.74, 6) is 1.22. The first-order valence-corrected chi connectivity index (χ1v) is 11.6. The summed E-state index contributed by atoms with van der Waals surface area (Å²) in [6.45, 7) is 8.50. The lowest BCUT2D eigenvalue weighted by Gasteiger charge is -2.12. The highest BCUT2D eigenvalue weighted by Gasteiger charge is 2.22. The van der Waals surface area contributed by atoms with Gasteiger partial charge < -0.3 is 9.73 Å². The van der Waals surface area contributed by atoms with Gasteiger partial charge in [0.15, 0.2) is 0 Å². The van der Waals surface area contributed by atoms with Gasteiger partial charge in [-0.25, -0.2) is 9.50 Å². The molecule has 0 aliphatic carbocycles. The van der Waals surface area contributed by atoms with Gasteiger partial charge >= 0.3 is 0 Å². The number of rotatable bonds is 8. The molecule has 1 amide bonds. The number of fused-ring (bicyclic) bond motifs is 1. The summed E-state index contributed by atoms with van der Waals surface area (Å²) in [5, 5.41) is 7.83. The molecular formula is C24H27N5O2S. The van der Waals surface area contributed by atoms with E-state index >= 15 is 0 Å². The maximum absolute atomic E-state index is 12.6. The number of carbonyl (C=O) groups is 1. The first kappa shape index (κ1) is 22.1. The predicted octanol–water partition coefficient (Wildman–Crippen LogP) is 4.42. The zero-order valence-corrected chi connectivity index (χ0v) is 19.6. The molecule has 166 valence electrons. The standard InChI is InChI=1S/C24H27N5O2S/c1-5-21(22(30)25-14-19-10-7-11-31-19)32-24-27-23-26-16(3)20(17(4)29(23)28-24)13-18-9-6-8-15(2)12-18/h6-12,21H,5,13-14H2,1-4H3,(H,25,30). The molecule has 4 rings (SSSR count). The van der Waals surface area contributed by atoms with Gasteiger partial charge in [0.2, 0.25) is 11.1 Å². The largest absolute Gasteiger partial charge is 0.467 e. The van der Waals surface area contributed by atoms with Crippen LogP contribution in [0.5, 0.6) is 0 Å². The molecule has 1 unspecified atom stereocenters. The second-order valence-electron chi connectivity index (χ2n) is 7.85. The number of aromatic nitrogens is 4. The third-order valence-corrected chi connectivity index (χ3v) is 6.64. The molecule has 8 heteroatoms. The average Bonchev–Trinajstić information content (AvgIpc) is 3.43. The smallest absolute Gasteiger partial charge is 0.253 e. The van der Waals surface area contributed by atoms with Gasteiger partial charge in [0.05, 0.1) is 18.1 Å². The molecule has 4 aromatic rings. The highest BCUT2D eigenvalue weighted by Crippen LogP contribution is 2.25. The Hall–Kier alpha value is -3.13. The van der Waals surface area contributed by atoms with Crippen LogP contribution in [-0.2, 0) is 17.8 Å². The van der Waals surface area contributed by atoms with Crippen LogP contribution in [0, 0.1) is 20.8 Å². The second-order valence-corrected chi connectivity index (χ2v) is 9.01. The summed E-state index contributed by atoms with van der Waals surface area (Å²) in [4.78, 5) is 21.9. The van der Waals surface area contributed by atoms with Crippen LogP contribution in [0.4, 0.5) is 0 Å². The van der Waals surface area contributed by atoms with Gasteiger partial charge in [0.1, 0.15) is 5.76 Å². The lowest BCUT2D eigenvalue weighted by atomic mass is 10.0. The molecule has 0 saturated carbocycles. The van der Waals surface area contributed by atoms with Crippen LogP contribution in [0.15, 0.2) is 52.2 Å². The van der Waals surface area contributed by atoms with Gasteiger partial charge in [-0.2, -0.15) is 4.98 Å². The summed E-state index contributed by atoms with van der Waals surface area (Å²) in [7, 11) is 0. The Kier molecular flexibility index (Phi) is 6.60. The van der Waals surface area contributed by atoms with Gasteiger partial charge in [0, 0.05) is 17.8 Å². The van der Waals surface area contributed by atoms with Crippen LogP contribution >= 0.6 is 11.8 Å². The van der Waals surface area contributed by atoms with Crippen molar-refractivity contribution in [3.05, 3.63) is 76.5 Å². The molecule has 0 fully saturated rings. The molecule has 1 atom stereocenters. The van der Waals surface area contributed by atoms with E-state index in [0.29, 0.717) is 23.9 Å². The van der Waals surface area contributed by atoms with Crippen LogP contribution < -0.4 is 5.32 Å². The minimum absolute atomic E-state index is 0.0613. The van der Waals surface area contributed by atoms with E-state index in [1.165, 1.54) is 22.9 Å². The van der Waals surface area contributed by atoms with Crippen LogP contribution in [0.3, 0.4) is 0 Å². The summed E-state index contributed by atoms with van der Waals surface area (Å²) in [6, 6.07) is 12.1. The van der Waals surface area contributed by atoms with E-state index in [4.69, 9.17) is 4.42 Å². The van der Waals surface area contributed by atoms with E-state index in [1.54, 1.807) is 16.8 Å². The molecule has 0 aliphatic heterocycles. The van der Waals surface area contributed by atoms with Gasteiger partial charge in [0.25, 0.3) is 5.78 Å². The molecule has 0 aliphatic rings. The van der Waals surface area contributed by atoms with Crippen molar-refractivity contribution < 1.29 is 9.21 Å². The highest BCUT2D eigenvalue weighted by atomic mass is 32.2. The molecule has 1 aromatic carbocycles. The molecule has 0 bridgehead atoms. The minimum Gasteiger partial charge on any atom is -0.467 e. The fourth-order valence-corrected chi connectivity index (χ4v) is 4.55. The van der Waals surface area contributed by atoms with Gasteiger partial charge in [-0.1, -0.05) is 48.5 Å². The van der Waals surface area contributed by atoms with Crippen molar-refractivity contribution in [2.75, 3.05) is 0 Å². The maximum Gasteiger partial charge on any atom is 0.253 e. The first-order chi connectivity index (χ1) is 15.4. The van der Waals surface area contributed by atoms with Crippen molar-refractivity contribution in [1.29, 1.82) is 0 Å². The first-order valence-electron chi connectivity index (χ1n) is 10.7. The van der Waals surface area contributed by atoms with Crippen molar-refractivity contribution >= 4 is 23.4 Å². The fraction of sp³-hybridized carbons (Fsp3) is 0.333. The third-order valence-electron chi connectivity index (χ3n) is 5.42. The Morgan fingerprint density at radius 3 is 2.75 bits per heavy atom. The number of carbonyl (C=O) groups excluding carboxylic acids is 1. The molecule has 3 heterocycles. The van der Waals surface area contributed by atoms with E-state index < -0.39 is 0 Å². The monoisotopic (exact) mass is 449 g/mol. The van der Waals surface area contributed by atoms with E-state index in [1.807, 2.05) is 26.8 Å². The number of benzene rings is 1. The number of aryl methyl sites for hydroxylation is 3. The molecule has 0 radical (unpaired) electrons. The van der Waals surface area contributed by atoms with E-state index in [-0.39, 0.29) is 11.2 Å². The number of thioether (sulfide) groups is 1. The number of amides is 1. The lowest BCUT2D eigenvalue weighted by Crippen LogP contribution is -2.31. The Labute approximate surface area is 191 Å². The number of hydrogen-bond acceptors (Lipinski definition) is 6. The molecular weight excluding hydrogens is 422 g/mol. The van der Waals surface area contributed by atoms with Crippen LogP contribution in [-0.4, -0.2) is 30.7 Å². The SMILES string of the molecule is CCC(Sc1nc2nc(C)c(Cc3cccc(C)c3)c(C)n2n1)C(=O)NCc1ccco1. The van der Waals surface area contributed by atoms with Crippen molar-refractivity contribution in [2.45, 2.75) is 57.5 Å². The van der Waals surface area contributed by atoms with E-state index in [2.05, 4.69) is 51.6 Å². The Morgan fingerprint density at radius 2 is 2.03 bits per heavy atom. The van der Waals surface area contributed by atoms with Crippen LogP contribution in [0.1, 0.15) is 47.2 Å². The number of hydrogen-bond donors (Lipinski definition) is 1. The Balaban J connectivity index is 1.53. The van der Waals surface area contributed by atoms with E-state index in [9.17, 15) is 4.79 Å². The van der Waals surface area contributed by atoms with E-state index in [0.717, 1.165) is 29.1 Å². The van der Waals surface area contributed by atoms with Crippen molar-refractivity contribution in [2.24, 2.45) is 0 Å². The van der Waals surface area contributed by atoms with Crippen molar-refractivity contribution in [1.82, 2.24) is 24.9 Å². The topological polar surface area (TPSA) is 85.3 Å². The van der Waals surface area contributed by atoms with Gasteiger partial charge in [-0.05, 0) is 50.5 Å². The minimum atomic E-state index is -0.296. The molecule has 3 aromatic heterocycles. The maximum atomic E-state index is 12.6. The summed E-state index contributed by atoms with van der Waals surface area (Å²) in [5.41, 5.74) is 5.59. The van der Waals surface area contributed by atoms with Gasteiger partial charge in [-0.3, -0.25) is 4.79 Å². The normalized spacial score (nSPS) is 12.2. The van der Waals surface area contributed by atoms with Crippen molar-refractivity contribution in [3.63, 3.8) is 0 Å². The molecule has 0 spiro atoms. The molecule has 0 saturated heterocycles.